The summed E-state index contributed by atoms with van der Waals surface area (Å²) < 4.78 is 18.3. The number of amides is 1. The molecule has 1 saturated heterocycles. The molecule has 1 fully saturated rings. The molecule has 2 aromatic heterocycles. The van der Waals surface area contributed by atoms with Gasteiger partial charge in [-0.15, -0.1) is 12.4 Å². The first kappa shape index (κ1) is 24.6. The molecular weight excluding hydrogens is 495 g/mol. The number of aromatic nitrogens is 4. The van der Waals surface area contributed by atoms with Crippen LogP contribution in [0, 0.1) is 11.7 Å². The molecule has 3 aromatic rings. The number of hydrogen-bond acceptors (Lipinski definition) is 10. The number of anilines is 2. The number of aliphatic imine (C=N–C) groups is 1. The number of benzene rings is 1. The summed E-state index contributed by atoms with van der Waals surface area (Å²) >= 11 is 1.51. The van der Waals surface area contributed by atoms with E-state index in [1.165, 1.54) is 31.3 Å². The second-order valence-corrected chi connectivity index (χ2v) is 8.98. The van der Waals surface area contributed by atoms with Gasteiger partial charge >= 0.3 is 0 Å². The van der Waals surface area contributed by atoms with Crippen molar-refractivity contribution in [3.63, 3.8) is 0 Å². The summed E-state index contributed by atoms with van der Waals surface area (Å²) in [5.41, 5.74) is 7.18. The second-order valence-electron chi connectivity index (χ2n) is 7.94. The summed E-state index contributed by atoms with van der Waals surface area (Å²) in [4.78, 5) is 35.9. The fraction of sp³-hybridized carbons (Fsp3) is 0.273. The first-order valence-electron chi connectivity index (χ1n) is 10.5. The van der Waals surface area contributed by atoms with Gasteiger partial charge in [0.25, 0.3) is 5.91 Å². The van der Waals surface area contributed by atoms with Gasteiger partial charge in [0, 0.05) is 23.9 Å². The average molecular weight is 517 g/mol. The van der Waals surface area contributed by atoms with Crippen LogP contribution in [0.2, 0.25) is 0 Å². The molecule has 0 radical (unpaired) electrons. The minimum atomic E-state index is -0.645. The number of ether oxygens (including phenoxy) is 1. The summed E-state index contributed by atoms with van der Waals surface area (Å²) in [5, 5.41) is 3.37. The molecule has 2 aliphatic rings. The molecule has 0 saturated carbocycles. The predicted octanol–water partition coefficient (Wildman–Crippen LogP) is 2.48. The minimum absolute atomic E-state index is 0. The molecule has 182 valence electrons. The van der Waals surface area contributed by atoms with Gasteiger partial charge in [0.1, 0.15) is 11.2 Å². The molecule has 0 spiro atoms. The lowest BCUT2D eigenvalue weighted by molar-refractivity contribution is 0.102. The Hall–Kier alpha value is -3.51. The number of nitrogens with one attached hydrogen (secondary N) is 1. The summed E-state index contributed by atoms with van der Waals surface area (Å²) in [6.07, 6.45) is 5.05. The van der Waals surface area contributed by atoms with Crippen molar-refractivity contribution < 1.29 is 13.9 Å². The monoisotopic (exact) mass is 516 g/mol. The van der Waals surface area contributed by atoms with Gasteiger partial charge in [-0.1, -0.05) is 23.9 Å². The van der Waals surface area contributed by atoms with E-state index in [1.807, 2.05) is 23.1 Å². The summed E-state index contributed by atoms with van der Waals surface area (Å²) in [6, 6.07) is 7.52. The van der Waals surface area contributed by atoms with Gasteiger partial charge in [-0.05, 0) is 17.7 Å². The molecule has 4 heterocycles. The van der Waals surface area contributed by atoms with Crippen LogP contribution in [0.3, 0.4) is 0 Å². The van der Waals surface area contributed by atoms with Crippen LogP contribution in [0.25, 0.3) is 0 Å². The molecule has 1 aromatic carbocycles. The Morgan fingerprint density at radius 1 is 1.23 bits per heavy atom. The largest absolute Gasteiger partial charge is 0.480 e. The maximum atomic E-state index is 13.3. The molecule has 13 heteroatoms. The molecular formula is C22H22ClFN8O2S. The summed E-state index contributed by atoms with van der Waals surface area (Å²) in [6.45, 7) is 1.12. The zero-order valence-electron chi connectivity index (χ0n) is 18.6. The van der Waals surface area contributed by atoms with Gasteiger partial charge in [-0.3, -0.25) is 4.79 Å². The SMILES string of the molecule is COc1cnc(C(=O)Nc2cccc([C@]34CN(c5ncc(F)cn5)C[C@H]3CSC(N)=N4)c2)cn1.Cl. The second kappa shape index (κ2) is 10.0. The van der Waals surface area contributed by atoms with E-state index in [9.17, 15) is 9.18 Å². The number of hydrogen-bond donors (Lipinski definition) is 2. The van der Waals surface area contributed by atoms with Gasteiger partial charge in [-0.2, -0.15) is 0 Å². The molecule has 0 bridgehead atoms. The highest BCUT2D eigenvalue weighted by molar-refractivity contribution is 8.13. The number of carbonyl (C=O) groups excluding carboxylic acids is 1. The first-order valence-corrected chi connectivity index (χ1v) is 11.4. The van der Waals surface area contributed by atoms with Crippen molar-refractivity contribution in [2.24, 2.45) is 16.6 Å². The number of thioether (sulfide) groups is 1. The number of rotatable bonds is 5. The van der Waals surface area contributed by atoms with Crippen LogP contribution in [0.1, 0.15) is 16.1 Å². The van der Waals surface area contributed by atoms with E-state index >= 15 is 0 Å². The fourth-order valence-corrected chi connectivity index (χ4v) is 5.23. The van der Waals surface area contributed by atoms with Crippen molar-refractivity contribution in [2.45, 2.75) is 5.54 Å². The van der Waals surface area contributed by atoms with E-state index in [0.29, 0.717) is 35.8 Å². The molecule has 2 aliphatic heterocycles. The normalized spacial score (nSPS) is 20.9. The zero-order chi connectivity index (χ0) is 23.7. The lowest BCUT2D eigenvalue weighted by atomic mass is 9.81. The fourth-order valence-electron chi connectivity index (χ4n) is 4.25. The van der Waals surface area contributed by atoms with Crippen molar-refractivity contribution in [2.75, 3.05) is 36.2 Å². The third-order valence-corrected chi connectivity index (χ3v) is 6.83. The van der Waals surface area contributed by atoms with Crippen molar-refractivity contribution in [3.05, 3.63) is 66.1 Å². The van der Waals surface area contributed by atoms with Crippen LogP contribution in [0.4, 0.5) is 16.0 Å². The number of methoxy groups -OCH3 is 1. The molecule has 2 atom stereocenters. The van der Waals surface area contributed by atoms with E-state index in [1.54, 1.807) is 6.07 Å². The van der Waals surface area contributed by atoms with E-state index in [4.69, 9.17) is 15.5 Å². The standard InChI is InChI=1S/C22H21FN8O2S.ClH/c1-33-18-9-25-17(8-26-18)19(32)29-16-4-2-3-13(5-16)22-12-31(21-27-6-15(23)7-28-21)10-14(22)11-34-20(24)30-22;/h2-9,14H,10-12H2,1H3,(H2,24,30)(H,29,32);1H/t14-,22+;/m0./s1. The number of halogens is 2. The number of nitrogens with zero attached hydrogens (tertiary/aromatic N) is 6. The Kier molecular flexibility index (Phi) is 7.03. The average Bonchev–Trinajstić information content (AvgIpc) is 3.24. The smallest absolute Gasteiger partial charge is 0.275 e. The first-order chi connectivity index (χ1) is 16.5. The van der Waals surface area contributed by atoms with Gasteiger partial charge in [0.05, 0.1) is 38.4 Å². The van der Waals surface area contributed by atoms with Gasteiger partial charge in [0.15, 0.2) is 11.0 Å². The number of amidine groups is 1. The Balaban J connectivity index is 0.00000289. The highest BCUT2D eigenvalue weighted by atomic mass is 35.5. The lowest BCUT2D eigenvalue weighted by Crippen LogP contribution is -2.40. The van der Waals surface area contributed by atoms with Gasteiger partial charge in [0.2, 0.25) is 11.8 Å². The van der Waals surface area contributed by atoms with Crippen molar-refractivity contribution in [1.82, 2.24) is 19.9 Å². The molecule has 0 aliphatic carbocycles. The van der Waals surface area contributed by atoms with Crippen molar-refractivity contribution >= 4 is 46.9 Å². The maximum Gasteiger partial charge on any atom is 0.275 e. The van der Waals surface area contributed by atoms with Crippen LogP contribution >= 0.6 is 24.2 Å². The van der Waals surface area contributed by atoms with Crippen LogP contribution < -0.4 is 20.7 Å². The van der Waals surface area contributed by atoms with Gasteiger partial charge in [-0.25, -0.2) is 29.3 Å². The molecule has 0 unspecified atom stereocenters. The maximum absolute atomic E-state index is 13.3. The third kappa shape index (κ3) is 4.84. The zero-order valence-corrected chi connectivity index (χ0v) is 20.2. The van der Waals surface area contributed by atoms with Gasteiger partial charge < -0.3 is 20.7 Å². The number of fused-ring (bicyclic) bond motifs is 1. The quantitative estimate of drug-likeness (QED) is 0.524. The number of nitrogens with two attached hydrogens (primary N) is 1. The van der Waals surface area contributed by atoms with Crippen molar-refractivity contribution in [3.8, 4) is 5.88 Å². The van der Waals surface area contributed by atoms with E-state index in [-0.39, 0.29) is 24.0 Å². The topological polar surface area (TPSA) is 132 Å². The van der Waals surface area contributed by atoms with E-state index in [0.717, 1.165) is 23.7 Å². The van der Waals surface area contributed by atoms with Crippen LogP contribution in [-0.2, 0) is 5.54 Å². The van der Waals surface area contributed by atoms with Crippen LogP contribution in [0.15, 0.2) is 54.0 Å². The molecule has 3 N–H and O–H groups in total. The van der Waals surface area contributed by atoms with E-state index < -0.39 is 17.3 Å². The summed E-state index contributed by atoms with van der Waals surface area (Å²) in [7, 11) is 1.48. The summed E-state index contributed by atoms with van der Waals surface area (Å²) in [5.74, 6) is 0.776. The molecule has 5 rings (SSSR count). The number of carbonyl (C=O) groups is 1. The van der Waals surface area contributed by atoms with Crippen LogP contribution in [-0.4, -0.2) is 57.0 Å². The Bertz CT molecular complexity index is 1250. The molecule has 10 nitrogen and oxygen atoms in total. The minimum Gasteiger partial charge on any atom is -0.480 e. The highest BCUT2D eigenvalue weighted by Gasteiger charge is 2.50. The van der Waals surface area contributed by atoms with Crippen molar-refractivity contribution in [1.29, 1.82) is 0 Å². The predicted molar refractivity (Wildman–Crippen MR) is 134 cm³/mol. The lowest BCUT2D eigenvalue weighted by Gasteiger charge is -2.34. The molecule has 35 heavy (non-hydrogen) atoms. The van der Waals surface area contributed by atoms with E-state index in [2.05, 4.69) is 25.3 Å². The Labute approximate surface area is 211 Å². The molecule has 1 amide bonds. The van der Waals surface area contributed by atoms with Crippen LogP contribution in [0.5, 0.6) is 5.88 Å². The Morgan fingerprint density at radius 2 is 2.03 bits per heavy atom. The highest BCUT2D eigenvalue weighted by Crippen LogP contribution is 2.46. The Morgan fingerprint density at radius 3 is 2.74 bits per heavy atom. The third-order valence-electron chi connectivity index (χ3n) is 5.87.